The molecule has 3 N–H and O–H groups in total. The van der Waals surface area contributed by atoms with Crippen molar-refractivity contribution in [2.24, 2.45) is 0 Å². The Balaban J connectivity index is 1.64. The molecule has 1 aliphatic rings. The molecule has 0 saturated carbocycles. The number of benzene rings is 3. The summed E-state index contributed by atoms with van der Waals surface area (Å²) in [5.41, 5.74) is 0.694. The molecule has 3 aromatic carbocycles. The number of alkyl carbamates (subject to hydrolysis) is 1. The molecule has 3 amide bonds. The van der Waals surface area contributed by atoms with Crippen molar-refractivity contribution in [1.82, 2.24) is 15.5 Å². The van der Waals surface area contributed by atoms with Gasteiger partial charge in [-0.2, -0.15) is 0 Å². The van der Waals surface area contributed by atoms with Gasteiger partial charge < -0.3 is 25.4 Å². The summed E-state index contributed by atoms with van der Waals surface area (Å²) in [5, 5.41) is 15.5. The van der Waals surface area contributed by atoms with Crippen LogP contribution in [0.1, 0.15) is 63.1 Å². The van der Waals surface area contributed by atoms with Crippen molar-refractivity contribution in [3.63, 3.8) is 0 Å². The molecular weight excluding hydrogens is 546 g/mol. The molecule has 2 unspecified atom stereocenters. The largest absolute Gasteiger partial charge is 0.480 e. The van der Waals surface area contributed by atoms with Crippen molar-refractivity contribution in [1.29, 1.82) is 0 Å². The van der Waals surface area contributed by atoms with Crippen LogP contribution in [0.25, 0.3) is 0 Å². The molecule has 226 valence electrons. The van der Waals surface area contributed by atoms with E-state index in [-0.39, 0.29) is 25.3 Å². The zero-order valence-electron chi connectivity index (χ0n) is 24.8. The lowest BCUT2D eigenvalue weighted by atomic mass is 9.77. The van der Waals surface area contributed by atoms with E-state index >= 15 is 0 Å². The van der Waals surface area contributed by atoms with E-state index < -0.39 is 41.2 Å². The van der Waals surface area contributed by atoms with Gasteiger partial charge in [0.1, 0.15) is 23.2 Å². The normalized spacial score (nSPS) is 15.8. The first kappa shape index (κ1) is 31.3. The van der Waals surface area contributed by atoms with Crippen LogP contribution in [-0.2, 0) is 24.7 Å². The van der Waals surface area contributed by atoms with Gasteiger partial charge in [0, 0.05) is 13.0 Å². The number of carboxylic acid groups (broad SMARTS) is 1. The first-order valence-electron chi connectivity index (χ1n) is 14.5. The third-order valence-electron chi connectivity index (χ3n) is 7.42. The maximum Gasteiger partial charge on any atom is 0.408 e. The molecule has 0 aliphatic carbocycles. The second kappa shape index (κ2) is 13.5. The van der Waals surface area contributed by atoms with Crippen LogP contribution in [-0.4, -0.2) is 58.1 Å². The van der Waals surface area contributed by atoms with Gasteiger partial charge in [0.15, 0.2) is 0 Å². The molecule has 1 aliphatic heterocycles. The second-order valence-electron chi connectivity index (χ2n) is 11.7. The van der Waals surface area contributed by atoms with E-state index in [4.69, 9.17) is 4.74 Å². The van der Waals surface area contributed by atoms with E-state index in [1.165, 1.54) is 4.90 Å². The third-order valence-corrected chi connectivity index (χ3v) is 7.42. The van der Waals surface area contributed by atoms with Crippen LogP contribution >= 0.6 is 0 Å². The lowest BCUT2D eigenvalue weighted by molar-refractivity contribution is -0.149. The molecule has 0 spiro atoms. The summed E-state index contributed by atoms with van der Waals surface area (Å²) in [6.07, 6.45) is -0.123. The maximum absolute atomic E-state index is 13.8. The predicted octanol–water partition coefficient (Wildman–Crippen LogP) is 4.84. The Labute approximate surface area is 252 Å². The summed E-state index contributed by atoms with van der Waals surface area (Å²) in [5.74, 6) is -2.00. The Kier molecular flexibility index (Phi) is 9.85. The number of hydrogen-bond donors (Lipinski definition) is 3. The number of carboxylic acids is 1. The van der Waals surface area contributed by atoms with Crippen LogP contribution in [0.2, 0.25) is 0 Å². The van der Waals surface area contributed by atoms with Gasteiger partial charge >= 0.3 is 12.1 Å². The van der Waals surface area contributed by atoms with Gasteiger partial charge in [-0.05, 0) is 56.7 Å². The second-order valence-corrected chi connectivity index (χ2v) is 11.7. The molecule has 0 aromatic heterocycles. The standard InChI is InChI=1S/C34H39N3O6/c1-33(2,3)43-32(42)35-27(30(39)37-23-13-20-28(37)31(40)41)21-22-29(38)36-34(24-14-7-4-8-15-24,25-16-9-5-10-17-25)26-18-11-6-12-19-26/h4-12,14-19,27-28H,13,20-23H2,1-3H3,(H,35,42)(H,36,38)(H,40,41). The fourth-order valence-corrected chi connectivity index (χ4v) is 5.52. The minimum atomic E-state index is -1.15. The molecule has 9 nitrogen and oxygen atoms in total. The van der Waals surface area contributed by atoms with Crippen LogP contribution in [0.15, 0.2) is 91.0 Å². The van der Waals surface area contributed by atoms with Crippen LogP contribution in [0.4, 0.5) is 4.79 Å². The average Bonchev–Trinajstić information content (AvgIpc) is 3.49. The Morgan fingerprint density at radius 1 is 0.860 bits per heavy atom. The van der Waals surface area contributed by atoms with Crippen LogP contribution < -0.4 is 10.6 Å². The van der Waals surface area contributed by atoms with Crippen molar-refractivity contribution in [3.8, 4) is 0 Å². The highest BCUT2D eigenvalue weighted by atomic mass is 16.6. The fraction of sp³-hybridized carbons (Fsp3) is 0.353. The summed E-state index contributed by atoms with van der Waals surface area (Å²) in [4.78, 5) is 53.2. The van der Waals surface area contributed by atoms with E-state index in [0.29, 0.717) is 12.8 Å². The van der Waals surface area contributed by atoms with Crippen molar-refractivity contribution in [2.45, 2.75) is 69.7 Å². The number of carbonyl (C=O) groups is 4. The number of likely N-dealkylation sites (tertiary alicyclic amines) is 1. The van der Waals surface area contributed by atoms with E-state index in [1.807, 2.05) is 91.0 Å². The monoisotopic (exact) mass is 585 g/mol. The molecule has 1 saturated heterocycles. The smallest absolute Gasteiger partial charge is 0.408 e. The minimum Gasteiger partial charge on any atom is -0.480 e. The first-order chi connectivity index (χ1) is 20.5. The number of nitrogens with one attached hydrogen (secondary N) is 2. The summed E-state index contributed by atoms with van der Waals surface area (Å²) in [6, 6.07) is 26.8. The number of aliphatic carboxylic acids is 1. The van der Waals surface area contributed by atoms with Crippen LogP contribution in [0, 0.1) is 0 Å². The number of hydrogen-bond acceptors (Lipinski definition) is 5. The van der Waals surface area contributed by atoms with Gasteiger partial charge in [-0.25, -0.2) is 9.59 Å². The molecule has 4 rings (SSSR count). The number of amides is 3. The molecule has 0 radical (unpaired) electrons. The molecule has 3 aromatic rings. The molecule has 2 atom stereocenters. The number of carbonyl (C=O) groups excluding carboxylic acids is 3. The number of rotatable bonds is 10. The lowest BCUT2D eigenvalue weighted by Gasteiger charge is -2.37. The Morgan fingerprint density at radius 2 is 1.35 bits per heavy atom. The average molecular weight is 586 g/mol. The Morgan fingerprint density at radius 3 is 1.79 bits per heavy atom. The van der Waals surface area contributed by atoms with Gasteiger partial charge in [-0.1, -0.05) is 91.0 Å². The first-order valence-corrected chi connectivity index (χ1v) is 14.5. The predicted molar refractivity (Wildman–Crippen MR) is 162 cm³/mol. The van der Waals surface area contributed by atoms with Gasteiger partial charge in [-0.3, -0.25) is 9.59 Å². The molecule has 43 heavy (non-hydrogen) atoms. The van der Waals surface area contributed by atoms with Gasteiger partial charge in [0.05, 0.1) is 0 Å². The lowest BCUT2D eigenvalue weighted by Crippen LogP contribution is -2.53. The molecule has 0 bridgehead atoms. The number of nitrogens with zero attached hydrogens (tertiary/aromatic N) is 1. The Hall–Kier alpha value is -4.66. The maximum atomic E-state index is 13.8. The van der Waals surface area contributed by atoms with Gasteiger partial charge in [-0.15, -0.1) is 0 Å². The van der Waals surface area contributed by atoms with Crippen LogP contribution in [0.5, 0.6) is 0 Å². The van der Waals surface area contributed by atoms with Crippen LogP contribution in [0.3, 0.4) is 0 Å². The quantitative estimate of drug-likeness (QED) is 0.293. The summed E-state index contributed by atoms with van der Waals surface area (Å²) < 4.78 is 5.38. The zero-order chi connectivity index (χ0) is 31.0. The topological polar surface area (TPSA) is 125 Å². The van der Waals surface area contributed by atoms with E-state index in [1.54, 1.807) is 20.8 Å². The highest BCUT2D eigenvalue weighted by molar-refractivity contribution is 5.90. The highest BCUT2D eigenvalue weighted by Gasteiger charge is 2.40. The highest BCUT2D eigenvalue weighted by Crippen LogP contribution is 2.37. The molecular formula is C34H39N3O6. The summed E-state index contributed by atoms with van der Waals surface area (Å²) >= 11 is 0. The van der Waals surface area contributed by atoms with Gasteiger partial charge in [0.25, 0.3) is 0 Å². The molecule has 1 fully saturated rings. The summed E-state index contributed by atoms with van der Waals surface area (Å²) in [7, 11) is 0. The van der Waals surface area contributed by atoms with E-state index in [0.717, 1.165) is 16.7 Å². The van der Waals surface area contributed by atoms with Gasteiger partial charge in [0.2, 0.25) is 11.8 Å². The fourth-order valence-electron chi connectivity index (χ4n) is 5.52. The van der Waals surface area contributed by atoms with Crippen molar-refractivity contribution in [3.05, 3.63) is 108 Å². The van der Waals surface area contributed by atoms with E-state index in [9.17, 15) is 24.3 Å². The molecule has 9 heteroatoms. The number of ether oxygens (including phenoxy) is 1. The van der Waals surface area contributed by atoms with Crippen molar-refractivity contribution in [2.75, 3.05) is 6.54 Å². The summed E-state index contributed by atoms with van der Waals surface area (Å²) in [6.45, 7) is 5.37. The van der Waals surface area contributed by atoms with Crippen molar-refractivity contribution < 1.29 is 29.0 Å². The zero-order valence-corrected chi connectivity index (χ0v) is 24.8. The van der Waals surface area contributed by atoms with Crippen molar-refractivity contribution >= 4 is 23.9 Å². The minimum absolute atomic E-state index is 0.0544. The molecule has 1 heterocycles. The van der Waals surface area contributed by atoms with E-state index in [2.05, 4.69) is 10.6 Å². The Bertz CT molecular complexity index is 1310. The third kappa shape index (κ3) is 7.60. The SMILES string of the molecule is CC(C)(C)OC(=O)NC(CCC(=O)NC(c1ccccc1)(c1ccccc1)c1ccccc1)C(=O)N1CCCC1C(=O)O.